The smallest absolute Gasteiger partial charge is 0.224 e. The average Bonchev–Trinajstić information content (AvgIpc) is 2.84. The van der Waals surface area contributed by atoms with E-state index in [1.54, 1.807) is 0 Å². The zero-order chi connectivity index (χ0) is 8.11. The summed E-state index contributed by atoms with van der Waals surface area (Å²) in [6.45, 7) is 0. The molecule has 0 aromatic carbocycles. The molecule has 3 nitrogen and oxygen atoms in total. The lowest BCUT2D eigenvalue weighted by Gasteiger charge is -2.16. The first-order valence-corrected chi connectivity index (χ1v) is 3.93. The monoisotopic (exact) mass is 153 g/mol. The summed E-state index contributed by atoms with van der Waals surface area (Å²) in [5.41, 5.74) is 4.48. The Morgan fingerprint density at radius 2 is 1.82 bits per heavy atom. The van der Waals surface area contributed by atoms with Gasteiger partial charge in [0.2, 0.25) is 5.91 Å². The molecule has 2 aliphatic rings. The van der Waals surface area contributed by atoms with Gasteiger partial charge >= 0.3 is 0 Å². The molecular formula is C8H11NO2. The second-order valence-corrected chi connectivity index (χ2v) is 3.72. The number of hydrogen-bond acceptors (Lipinski definition) is 2. The van der Waals surface area contributed by atoms with Crippen LogP contribution in [0.2, 0.25) is 0 Å². The first-order valence-electron chi connectivity index (χ1n) is 3.93. The summed E-state index contributed by atoms with van der Waals surface area (Å²) in [4.78, 5) is 21.7. The molecular weight excluding hydrogens is 142 g/mol. The molecule has 2 aliphatic carbocycles. The quantitative estimate of drug-likeness (QED) is 0.590. The fraction of sp³-hybridized carbons (Fsp3) is 0.750. The largest absolute Gasteiger partial charge is 0.369 e. The van der Waals surface area contributed by atoms with Gasteiger partial charge in [-0.1, -0.05) is 0 Å². The fourth-order valence-corrected chi connectivity index (χ4v) is 1.96. The highest BCUT2D eigenvalue weighted by molar-refractivity contribution is 5.90. The summed E-state index contributed by atoms with van der Waals surface area (Å²) >= 11 is 0. The predicted molar refractivity (Wildman–Crippen MR) is 38.6 cm³/mol. The topological polar surface area (TPSA) is 60.2 Å². The molecule has 11 heavy (non-hydrogen) atoms. The zero-order valence-electron chi connectivity index (χ0n) is 6.30. The predicted octanol–water partition coefficient (Wildman–Crippen LogP) is 0.231. The molecule has 2 fully saturated rings. The minimum absolute atomic E-state index is 0.276. The van der Waals surface area contributed by atoms with Crippen molar-refractivity contribution in [2.24, 2.45) is 16.6 Å². The fourth-order valence-electron chi connectivity index (χ4n) is 1.96. The van der Waals surface area contributed by atoms with E-state index in [-0.39, 0.29) is 11.3 Å². The molecule has 60 valence electrons. The molecule has 0 aromatic rings. The Balaban J connectivity index is 2.27. The van der Waals surface area contributed by atoms with Gasteiger partial charge in [-0.3, -0.25) is 4.79 Å². The van der Waals surface area contributed by atoms with E-state index in [0.29, 0.717) is 0 Å². The highest BCUT2D eigenvalue weighted by atomic mass is 16.1. The second-order valence-electron chi connectivity index (χ2n) is 3.72. The van der Waals surface area contributed by atoms with Crippen LogP contribution in [-0.4, -0.2) is 12.2 Å². The van der Waals surface area contributed by atoms with Gasteiger partial charge in [-0.2, -0.15) is 0 Å². The average molecular weight is 153 g/mol. The lowest BCUT2D eigenvalue weighted by Crippen LogP contribution is -2.33. The van der Waals surface area contributed by atoms with Crippen LogP contribution < -0.4 is 5.73 Å². The van der Waals surface area contributed by atoms with E-state index in [9.17, 15) is 9.59 Å². The Labute approximate surface area is 64.9 Å². The van der Waals surface area contributed by atoms with E-state index in [2.05, 4.69) is 0 Å². The van der Waals surface area contributed by atoms with Crippen molar-refractivity contribution in [3.63, 3.8) is 0 Å². The van der Waals surface area contributed by atoms with Crippen molar-refractivity contribution >= 4 is 12.2 Å². The van der Waals surface area contributed by atoms with Gasteiger partial charge in [-0.25, -0.2) is 0 Å². The molecule has 3 heteroatoms. The summed E-state index contributed by atoms with van der Waals surface area (Å²) < 4.78 is 0. The standard InChI is InChI=1S/C8H11NO2/c9-6(11)8(3-4-8)7(5-10)1-2-7/h5H,1-4H2,(H2,9,11). The molecule has 2 rings (SSSR count). The highest BCUT2D eigenvalue weighted by Gasteiger charge is 2.69. The van der Waals surface area contributed by atoms with Crippen LogP contribution in [-0.2, 0) is 9.59 Å². The van der Waals surface area contributed by atoms with E-state index < -0.39 is 5.41 Å². The van der Waals surface area contributed by atoms with Crippen molar-refractivity contribution in [2.45, 2.75) is 25.7 Å². The summed E-state index contributed by atoms with van der Waals surface area (Å²) in [6.07, 6.45) is 4.30. The van der Waals surface area contributed by atoms with Crippen molar-refractivity contribution in [3.05, 3.63) is 0 Å². The maximum atomic E-state index is 11.0. The number of nitrogens with two attached hydrogens (primary N) is 1. The van der Waals surface area contributed by atoms with Crippen LogP contribution in [0.3, 0.4) is 0 Å². The lowest BCUT2D eigenvalue weighted by atomic mass is 9.86. The Kier molecular flexibility index (Phi) is 1.03. The lowest BCUT2D eigenvalue weighted by molar-refractivity contribution is -0.129. The van der Waals surface area contributed by atoms with E-state index in [1.165, 1.54) is 0 Å². The summed E-state index contributed by atoms with van der Waals surface area (Å²) in [7, 11) is 0. The molecule has 0 heterocycles. The molecule has 0 spiro atoms. The highest BCUT2D eigenvalue weighted by Crippen LogP contribution is 2.68. The number of amides is 1. The number of rotatable bonds is 3. The van der Waals surface area contributed by atoms with Gasteiger partial charge in [-0.05, 0) is 25.7 Å². The maximum absolute atomic E-state index is 11.0. The molecule has 0 radical (unpaired) electrons. The first kappa shape index (κ1) is 6.83. The molecule has 0 aromatic heterocycles. The van der Waals surface area contributed by atoms with Gasteiger partial charge < -0.3 is 10.5 Å². The molecule has 2 saturated carbocycles. The van der Waals surface area contributed by atoms with Crippen molar-refractivity contribution in [1.82, 2.24) is 0 Å². The van der Waals surface area contributed by atoms with E-state index in [4.69, 9.17) is 5.73 Å². The van der Waals surface area contributed by atoms with Gasteiger partial charge in [0.05, 0.1) is 5.41 Å². The van der Waals surface area contributed by atoms with Crippen LogP contribution in [0.4, 0.5) is 0 Å². The van der Waals surface area contributed by atoms with Gasteiger partial charge in [0, 0.05) is 5.41 Å². The Hall–Kier alpha value is -0.860. The summed E-state index contributed by atoms with van der Waals surface area (Å²) in [5, 5.41) is 0. The number of hydrogen-bond donors (Lipinski definition) is 1. The zero-order valence-corrected chi connectivity index (χ0v) is 6.30. The summed E-state index contributed by atoms with van der Waals surface area (Å²) in [6, 6.07) is 0. The van der Waals surface area contributed by atoms with E-state index >= 15 is 0 Å². The number of primary amides is 1. The van der Waals surface area contributed by atoms with Gasteiger partial charge in [0.1, 0.15) is 6.29 Å². The van der Waals surface area contributed by atoms with E-state index in [1.807, 2.05) is 0 Å². The molecule has 0 bridgehead atoms. The van der Waals surface area contributed by atoms with Crippen LogP contribution in [0.1, 0.15) is 25.7 Å². The van der Waals surface area contributed by atoms with Crippen LogP contribution >= 0.6 is 0 Å². The number of carbonyl (C=O) groups excluding carboxylic acids is 2. The van der Waals surface area contributed by atoms with Crippen LogP contribution in [0.15, 0.2) is 0 Å². The minimum Gasteiger partial charge on any atom is -0.369 e. The maximum Gasteiger partial charge on any atom is 0.224 e. The van der Waals surface area contributed by atoms with Gasteiger partial charge in [-0.15, -0.1) is 0 Å². The van der Waals surface area contributed by atoms with E-state index in [0.717, 1.165) is 32.0 Å². The third-order valence-corrected chi connectivity index (χ3v) is 3.19. The number of carbonyl (C=O) groups is 2. The minimum atomic E-state index is -0.422. The first-order chi connectivity index (χ1) is 5.17. The third-order valence-electron chi connectivity index (χ3n) is 3.19. The molecule has 2 N–H and O–H groups in total. The Morgan fingerprint density at radius 3 is 1.91 bits per heavy atom. The Morgan fingerprint density at radius 1 is 1.27 bits per heavy atom. The van der Waals surface area contributed by atoms with Gasteiger partial charge in [0.25, 0.3) is 0 Å². The van der Waals surface area contributed by atoms with Crippen LogP contribution in [0.5, 0.6) is 0 Å². The number of aldehydes is 1. The Bertz CT molecular complexity index is 226. The van der Waals surface area contributed by atoms with Crippen LogP contribution in [0.25, 0.3) is 0 Å². The molecule has 0 atom stereocenters. The van der Waals surface area contributed by atoms with Gasteiger partial charge in [0.15, 0.2) is 0 Å². The van der Waals surface area contributed by atoms with Crippen molar-refractivity contribution < 1.29 is 9.59 Å². The second kappa shape index (κ2) is 1.65. The molecule has 0 unspecified atom stereocenters. The molecule has 0 saturated heterocycles. The molecule has 1 amide bonds. The summed E-state index contributed by atoms with van der Waals surface area (Å²) in [5.74, 6) is -0.276. The van der Waals surface area contributed by atoms with Crippen molar-refractivity contribution in [1.29, 1.82) is 0 Å². The third kappa shape index (κ3) is 0.633. The molecule has 0 aliphatic heterocycles. The van der Waals surface area contributed by atoms with Crippen molar-refractivity contribution in [3.8, 4) is 0 Å². The normalized spacial score (nSPS) is 29.1. The van der Waals surface area contributed by atoms with Crippen molar-refractivity contribution in [2.75, 3.05) is 0 Å². The SMILES string of the molecule is NC(=O)C1(C2(C=O)CC2)CC1. The van der Waals surface area contributed by atoms with Crippen LogP contribution in [0, 0.1) is 10.8 Å².